The molecule has 0 saturated carbocycles. The van der Waals surface area contributed by atoms with Gasteiger partial charge in [-0.25, -0.2) is 0 Å². The molecule has 0 amide bonds. The molecule has 1 heterocycles. The van der Waals surface area contributed by atoms with Crippen LogP contribution in [0.25, 0.3) is 0 Å². The minimum atomic E-state index is -0.629. The van der Waals surface area contributed by atoms with E-state index in [0.29, 0.717) is 12.2 Å². The van der Waals surface area contributed by atoms with Gasteiger partial charge in [0.05, 0.1) is 6.61 Å². The Labute approximate surface area is 94.4 Å². The molecule has 2 atom stereocenters. The van der Waals surface area contributed by atoms with E-state index in [-0.39, 0.29) is 17.7 Å². The number of carbonyl (C=O) groups is 2. The largest absolute Gasteiger partial charge is 0.465 e. The summed E-state index contributed by atoms with van der Waals surface area (Å²) in [5, 5.41) is 0. The SMILES string of the molecule is C[C@@H]1CCOC(=O)[C@H]1C(=O)c1ccccc1. The van der Waals surface area contributed by atoms with E-state index >= 15 is 0 Å². The zero-order valence-corrected chi connectivity index (χ0v) is 9.18. The highest BCUT2D eigenvalue weighted by Crippen LogP contribution is 2.25. The fourth-order valence-corrected chi connectivity index (χ4v) is 1.98. The van der Waals surface area contributed by atoms with Crippen molar-refractivity contribution in [2.45, 2.75) is 13.3 Å². The molecule has 0 aliphatic carbocycles. The van der Waals surface area contributed by atoms with Crippen LogP contribution < -0.4 is 0 Å². The topological polar surface area (TPSA) is 43.4 Å². The van der Waals surface area contributed by atoms with Crippen LogP contribution in [0.1, 0.15) is 23.7 Å². The quantitative estimate of drug-likeness (QED) is 0.433. The Morgan fingerprint density at radius 2 is 2.00 bits per heavy atom. The average Bonchev–Trinajstić information content (AvgIpc) is 2.30. The summed E-state index contributed by atoms with van der Waals surface area (Å²) in [7, 11) is 0. The maximum Gasteiger partial charge on any atom is 0.317 e. The molecule has 0 bridgehead atoms. The number of cyclic esters (lactones) is 1. The van der Waals surface area contributed by atoms with Gasteiger partial charge in [0, 0.05) is 5.56 Å². The summed E-state index contributed by atoms with van der Waals surface area (Å²) in [6.45, 7) is 2.35. The van der Waals surface area contributed by atoms with Gasteiger partial charge in [-0.2, -0.15) is 0 Å². The summed E-state index contributed by atoms with van der Waals surface area (Å²) in [5.41, 5.74) is 0.582. The summed E-state index contributed by atoms with van der Waals surface area (Å²) in [5.74, 6) is -1.07. The molecular weight excluding hydrogens is 204 g/mol. The second-order valence-corrected chi connectivity index (χ2v) is 4.14. The Morgan fingerprint density at radius 1 is 1.31 bits per heavy atom. The lowest BCUT2D eigenvalue weighted by Gasteiger charge is -2.26. The van der Waals surface area contributed by atoms with Gasteiger partial charge in [0.2, 0.25) is 0 Å². The van der Waals surface area contributed by atoms with Crippen molar-refractivity contribution in [1.82, 2.24) is 0 Å². The number of rotatable bonds is 2. The van der Waals surface area contributed by atoms with Gasteiger partial charge in [0.25, 0.3) is 0 Å². The van der Waals surface area contributed by atoms with Crippen LogP contribution in [-0.4, -0.2) is 18.4 Å². The number of ketones is 1. The first kappa shape index (κ1) is 10.9. The maximum atomic E-state index is 12.1. The molecule has 0 aromatic heterocycles. The lowest BCUT2D eigenvalue weighted by molar-refractivity contribution is -0.153. The van der Waals surface area contributed by atoms with Crippen molar-refractivity contribution in [2.24, 2.45) is 11.8 Å². The fraction of sp³-hybridized carbons (Fsp3) is 0.385. The zero-order chi connectivity index (χ0) is 11.5. The summed E-state index contributed by atoms with van der Waals surface area (Å²) in [6, 6.07) is 8.91. The number of Topliss-reactive ketones (excluding diaryl/α,β-unsaturated/α-hetero) is 1. The van der Waals surface area contributed by atoms with Crippen molar-refractivity contribution in [3.05, 3.63) is 35.9 Å². The Balaban J connectivity index is 2.23. The van der Waals surface area contributed by atoms with E-state index in [1.807, 2.05) is 13.0 Å². The number of ether oxygens (including phenoxy) is 1. The maximum absolute atomic E-state index is 12.1. The minimum absolute atomic E-state index is 0.0638. The smallest absolute Gasteiger partial charge is 0.317 e. The van der Waals surface area contributed by atoms with Crippen LogP contribution in [0.4, 0.5) is 0 Å². The monoisotopic (exact) mass is 218 g/mol. The van der Waals surface area contributed by atoms with Gasteiger partial charge in [-0.05, 0) is 12.3 Å². The first-order valence-electron chi connectivity index (χ1n) is 5.46. The predicted octanol–water partition coefficient (Wildman–Crippen LogP) is 2.07. The lowest BCUT2D eigenvalue weighted by Crippen LogP contribution is -2.36. The second kappa shape index (κ2) is 4.47. The molecule has 3 nitrogen and oxygen atoms in total. The molecular formula is C13H14O3. The van der Waals surface area contributed by atoms with Gasteiger partial charge < -0.3 is 4.74 Å². The molecule has 1 saturated heterocycles. The third-order valence-corrected chi connectivity index (χ3v) is 2.98. The summed E-state index contributed by atoms with van der Waals surface area (Å²) in [4.78, 5) is 23.7. The molecule has 1 aromatic carbocycles. The molecule has 0 unspecified atom stereocenters. The predicted molar refractivity (Wildman–Crippen MR) is 59.0 cm³/mol. The molecule has 16 heavy (non-hydrogen) atoms. The molecule has 0 radical (unpaired) electrons. The fourth-order valence-electron chi connectivity index (χ4n) is 1.98. The number of carbonyl (C=O) groups excluding carboxylic acids is 2. The van der Waals surface area contributed by atoms with E-state index in [4.69, 9.17) is 4.74 Å². The molecule has 84 valence electrons. The number of hydrogen-bond donors (Lipinski definition) is 0. The third-order valence-electron chi connectivity index (χ3n) is 2.98. The van der Waals surface area contributed by atoms with Crippen LogP contribution in [0, 0.1) is 11.8 Å². The number of benzene rings is 1. The van der Waals surface area contributed by atoms with E-state index in [1.165, 1.54) is 0 Å². The van der Waals surface area contributed by atoms with Crippen LogP contribution in [0.3, 0.4) is 0 Å². The molecule has 3 heteroatoms. The van der Waals surface area contributed by atoms with Crippen molar-refractivity contribution in [3.63, 3.8) is 0 Å². The highest BCUT2D eigenvalue weighted by Gasteiger charge is 2.36. The molecule has 1 aromatic rings. The van der Waals surface area contributed by atoms with Crippen molar-refractivity contribution < 1.29 is 14.3 Å². The van der Waals surface area contributed by atoms with Crippen LogP contribution in [0.15, 0.2) is 30.3 Å². The standard InChI is InChI=1S/C13H14O3/c1-9-7-8-16-13(15)11(9)12(14)10-5-3-2-4-6-10/h2-6,9,11H,7-8H2,1H3/t9-,11-/m1/s1. The zero-order valence-electron chi connectivity index (χ0n) is 9.18. The van der Waals surface area contributed by atoms with Crippen LogP contribution in [-0.2, 0) is 9.53 Å². The van der Waals surface area contributed by atoms with Gasteiger partial charge in [0.15, 0.2) is 5.78 Å². The molecule has 0 spiro atoms. The molecule has 1 aliphatic rings. The third kappa shape index (κ3) is 1.98. The number of esters is 1. The Bertz CT molecular complexity index is 397. The normalized spacial score (nSPS) is 24.9. The summed E-state index contributed by atoms with van der Waals surface area (Å²) < 4.78 is 4.94. The van der Waals surface area contributed by atoms with E-state index in [0.717, 1.165) is 6.42 Å². The highest BCUT2D eigenvalue weighted by molar-refractivity contribution is 6.09. The van der Waals surface area contributed by atoms with Gasteiger partial charge in [0.1, 0.15) is 5.92 Å². The van der Waals surface area contributed by atoms with E-state index in [9.17, 15) is 9.59 Å². The summed E-state index contributed by atoms with van der Waals surface area (Å²) in [6.07, 6.45) is 0.759. The minimum Gasteiger partial charge on any atom is -0.465 e. The van der Waals surface area contributed by atoms with Crippen molar-refractivity contribution in [1.29, 1.82) is 0 Å². The molecule has 1 aliphatic heterocycles. The Hall–Kier alpha value is -1.64. The number of hydrogen-bond acceptors (Lipinski definition) is 3. The summed E-state index contributed by atoms with van der Waals surface area (Å²) >= 11 is 0. The van der Waals surface area contributed by atoms with Gasteiger partial charge in [-0.1, -0.05) is 37.3 Å². The van der Waals surface area contributed by atoms with Crippen LogP contribution in [0.2, 0.25) is 0 Å². The van der Waals surface area contributed by atoms with Crippen molar-refractivity contribution >= 4 is 11.8 Å². The van der Waals surface area contributed by atoms with Crippen molar-refractivity contribution in [2.75, 3.05) is 6.61 Å². The van der Waals surface area contributed by atoms with Gasteiger partial charge >= 0.3 is 5.97 Å². The first-order valence-corrected chi connectivity index (χ1v) is 5.46. The van der Waals surface area contributed by atoms with Crippen LogP contribution in [0.5, 0.6) is 0 Å². The first-order chi connectivity index (χ1) is 7.70. The van der Waals surface area contributed by atoms with Crippen LogP contribution >= 0.6 is 0 Å². The van der Waals surface area contributed by atoms with Gasteiger partial charge in [-0.3, -0.25) is 9.59 Å². The average molecular weight is 218 g/mol. The van der Waals surface area contributed by atoms with Gasteiger partial charge in [-0.15, -0.1) is 0 Å². The molecule has 1 fully saturated rings. The van der Waals surface area contributed by atoms with E-state index < -0.39 is 5.92 Å². The molecule has 0 N–H and O–H groups in total. The molecule has 2 rings (SSSR count). The van der Waals surface area contributed by atoms with E-state index in [1.54, 1.807) is 24.3 Å². The Morgan fingerprint density at radius 3 is 2.62 bits per heavy atom. The van der Waals surface area contributed by atoms with Crippen molar-refractivity contribution in [3.8, 4) is 0 Å². The second-order valence-electron chi connectivity index (χ2n) is 4.14. The lowest BCUT2D eigenvalue weighted by atomic mass is 9.83. The Kier molecular flexibility index (Phi) is 3.04. The highest BCUT2D eigenvalue weighted by atomic mass is 16.5. The van der Waals surface area contributed by atoms with E-state index in [2.05, 4.69) is 0 Å².